The molecule has 3 heteroatoms. The molecule has 0 unspecified atom stereocenters. The number of anilines is 3. The molecule has 2 nitrogen and oxygen atoms in total. The van der Waals surface area contributed by atoms with Gasteiger partial charge in [0.2, 0.25) is 0 Å². The van der Waals surface area contributed by atoms with Crippen LogP contribution in [0.1, 0.15) is 25.0 Å². The SMILES string of the molecule is CC1(C)c2ccccc2-c2ccc(N(c3ccc(-c4cc5c6cccc(-c7ccccc7)c6oc5c5ccccc45)cc3)c3cccc4c3sc3ccccc34)cc21. The van der Waals surface area contributed by atoms with E-state index in [9.17, 15) is 0 Å². The summed E-state index contributed by atoms with van der Waals surface area (Å²) in [5.41, 5.74) is 15.2. The summed E-state index contributed by atoms with van der Waals surface area (Å²) in [4.78, 5) is 2.47. The molecular weight excluding hydrogens is 723 g/mol. The molecule has 0 amide bonds. The van der Waals surface area contributed by atoms with Gasteiger partial charge in [-0.25, -0.2) is 0 Å². The zero-order valence-electron chi connectivity index (χ0n) is 32.2. The third-order valence-electron chi connectivity index (χ3n) is 12.5. The van der Waals surface area contributed by atoms with Crippen molar-refractivity contribution in [3.05, 3.63) is 199 Å². The Hall–Kier alpha value is -6.94. The van der Waals surface area contributed by atoms with Crippen molar-refractivity contribution in [1.29, 1.82) is 0 Å². The predicted molar refractivity (Wildman–Crippen MR) is 247 cm³/mol. The molecule has 0 bridgehead atoms. The van der Waals surface area contributed by atoms with E-state index in [1.165, 1.54) is 64.6 Å². The van der Waals surface area contributed by atoms with Gasteiger partial charge in [0.15, 0.2) is 0 Å². The molecule has 1 aliphatic carbocycles. The molecule has 12 rings (SSSR count). The molecule has 9 aromatic carbocycles. The van der Waals surface area contributed by atoms with Crippen molar-refractivity contribution >= 4 is 81.3 Å². The summed E-state index contributed by atoms with van der Waals surface area (Å²) in [5.74, 6) is 0. The molecule has 2 aromatic heterocycles. The van der Waals surface area contributed by atoms with Gasteiger partial charge in [0.25, 0.3) is 0 Å². The highest BCUT2D eigenvalue weighted by molar-refractivity contribution is 7.26. The molecule has 0 aliphatic heterocycles. The van der Waals surface area contributed by atoms with Crippen molar-refractivity contribution in [3.8, 4) is 33.4 Å². The second kappa shape index (κ2) is 12.5. The number of fused-ring (bicyclic) bond motifs is 11. The monoisotopic (exact) mass is 759 g/mol. The predicted octanol–water partition coefficient (Wildman–Crippen LogP) is 16.2. The van der Waals surface area contributed by atoms with Crippen molar-refractivity contribution in [2.75, 3.05) is 4.90 Å². The fraction of sp³-hybridized carbons (Fsp3) is 0.0545. The van der Waals surface area contributed by atoms with Crippen LogP contribution in [0.25, 0.3) is 86.3 Å². The van der Waals surface area contributed by atoms with Gasteiger partial charge in [-0.15, -0.1) is 11.3 Å². The van der Waals surface area contributed by atoms with Gasteiger partial charge in [-0.2, -0.15) is 0 Å². The first kappa shape index (κ1) is 33.2. The first-order valence-electron chi connectivity index (χ1n) is 20.0. The zero-order chi connectivity index (χ0) is 38.5. The Morgan fingerprint density at radius 2 is 1.03 bits per heavy atom. The molecule has 274 valence electrons. The highest BCUT2D eigenvalue weighted by atomic mass is 32.1. The summed E-state index contributed by atoms with van der Waals surface area (Å²) in [5, 5.41) is 7.14. The van der Waals surface area contributed by atoms with E-state index < -0.39 is 0 Å². The third kappa shape index (κ3) is 4.84. The highest BCUT2D eigenvalue weighted by Gasteiger charge is 2.36. The van der Waals surface area contributed by atoms with E-state index in [-0.39, 0.29) is 5.41 Å². The number of nitrogens with zero attached hydrogens (tertiary/aromatic N) is 1. The Morgan fingerprint density at radius 3 is 1.90 bits per heavy atom. The number of rotatable bonds is 5. The molecule has 0 saturated carbocycles. The number of furan rings is 1. The minimum absolute atomic E-state index is 0.111. The number of thiophene rings is 1. The molecule has 1 aliphatic rings. The average molecular weight is 760 g/mol. The van der Waals surface area contributed by atoms with E-state index in [0.717, 1.165) is 49.8 Å². The molecule has 11 aromatic rings. The van der Waals surface area contributed by atoms with E-state index in [2.05, 4.69) is 207 Å². The van der Waals surface area contributed by atoms with E-state index in [4.69, 9.17) is 4.42 Å². The second-order valence-corrected chi connectivity index (χ2v) is 17.1. The molecular formula is C55H37NOS. The molecule has 2 heterocycles. The maximum atomic E-state index is 6.81. The summed E-state index contributed by atoms with van der Waals surface area (Å²) in [7, 11) is 0. The Bertz CT molecular complexity index is 3420. The van der Waals surface area contributed by atoms with E-state index >= 15 is 0 Å². The minimum atomic E-state index is -0.111. The van der Waals surface area contributed by atoms with Gasteiger partial charge in [-0.05, 0) is 86.8 Å². The first-order chi connectivity index (χ1) is 28.5. The number of hydrogen-bond donors (Lipinski definition) is 0. The number of benzene rings is 9. The summed E-state index contributed by atoms with van der Waals surface area (Å²) in [6.07, 6.45) is 0. The van der Waals surface area contributed by atoms with Crippen LogP contribution in [0, 0.1) is 0 Å². The molecule has 0 saturated heterocycles. The Kier molecular flexibility index (Phi) is 7.18. The van der Waals surface area contributed by atoms with Crippen LogP contribution in [0.15, 0.2) is 192 Å². The lowest BCUT2D eigenvalue weighted by Crippen LogP contribution is -2.16. The summed E-state index contributed by atoms with van der Waals surface area (Å²) < 4.78 is 9.40. The molecule has 0 N–H and O–H groups in total. The van der Waals surface area contributed by atoms with E-state index in [0.29, 0.717) is 0 Å². The summed E-state index contributed by atoms with van der Waals surface area (Å²) in [6.45, 7) is 4.72. The quantitative estimate of drug-likeness (QED) is 0.174. The highest BCUT2D eigenvalue weighted by Crippen LogP contribution is 2.52. The Balaban J connectivity index is 1.04. The maximum Gasteiger partial charge on any atom is 0.143 e. The van der Waals surface area contributed by atoms with Gasteiger partial charge < -0.3 is 9.32 Å². The van der Waals surface area contributed by atoms with Gasteiger partial charge in [-0.3, -0.25) is 0 Å². The van der Waals surface area contributed by atoms with Gasteiger partial charge in [0, 0.05) is 54.0 Å². The molecule has 0 fully saturated rings. The zero-order valence-corrected chi connectivity index (χ0v) is 33.0. The van der Waals surface area contributed by atoms with Gasteiger partial charge >= 0.3 is 0 Å². The van der Waals surface area contributed by atoms with Crippen LogP contribution in [-0.4, -0.2) is 0 Å². The van der Waals surface area contributed by atoms with E-state index in [1.807, 2.05) is 11.3 Å². The van der Waals surface area contributed by atoms with Gasteiger partial charge in [0.1, 0.15) is 11.2 Å². The maximum absolute atomic E-state index is 6.81. The smallest absolute Gasteiger partial charge is 0.143 e. The topological polar surface area (TPSA) is 16.4 Å². The average Bonchev–Trinajstić information content (AvgIpc) is 3.92. The molecule has 0 atom stereocenters. The van der Waals surface area contributed by atoms with Crippen molar-refractivity contribution < 1.29 is 4.42 Å². The van der Waals surface area contributed by atoms with Crippen molar-refractivity contribution in [2.24, 2.45) is 0 Å². The van der Waals surface area contributed by atoms with Crippen LogP contribution in [0.4, 0.5) is 17.1 Å². The second-order valence-electron chi connectivity index (χ2n) is 16.0. The summed E-state index contributed by atoms with van der Waals surface area (Å²) in [6, 6.07) is 68.7. The van der Waals surface area contributed by atoms with Gasteiger partial charge in [-0.1, -0.05) is 159 Å². The molecule has 0 spiro atoms. The van der Waals surface area contributed by atoms with Crippen molar-refractivity contribution in [1.82, 2.24) is 0 Å². The number of para-hydroxylation sites is 1. The third-order valence-corrected chi connectivity index (χ3v) is 13.7. The van der Waals surface area contributed by atoms with Crippen LogP contribution in [-0.2, 0) is 5.41 Å². The Morgan fingerprint density at radius 1 is 0.414 bits per heavy atom. The lowest BCUT2D eigenvalue weighted by atomic mass is 9.82. The van der Waals surface area contributed by atoms with Crippen molar-refractivity contribution in [2.45, 2.75) is 19.3 Å². The van der Waals surface area contributed by atoms with Crippen LogP contribution in [0.2, 0.25) is 0 Å². The minimum Gasteiger partial charge on any atom is -0.455 e. The van der Waals surface area contributed by atoms with Crippen LogP contribution >= 0.6 is 11.3 Å². The van der Waals surface area contributed by atoms with Crippen LogP contribution < -0.4 is 4.90 Å². The lowest BCUT2D eigenvalue weighted by Gasteiger charge is -2.28. The Labute approximate surface area is 340 Å². The fourth-order valence-electron chi connectivity index (χ4n) is 9.66. The molecule has 0 radical (unpaired) electrons. The fourth-order valence-corrected chi connectivity index (χ4v) is 10.9. The lowest BCUT2D eigenvalue weighted by molar-refractivity contribution is 0.660. The van der Waals surface area contributed by atoms with E-state index in [1.54, 1.807) is 0 Å². The summed E-state index contributed by atoms with van der Waals surface area (Å²) >= 11 is 1.87. The molecule has 58 heavy (non-hydrogen) atoms. The standard InChI is InChI=1S/C55H37NOS/c1-55(2)48-23-10-8-17-40(48)41-31-30-37(32-49(41)55)56(50-24-13-22-45-42-18-9-11-25-51(42)58-54(45)50)36-28-26-35(27-29-36)46-33-47-44-21-12-20-38(34-14-4-3-5-15-34)52(44)57-53(47)43-19-7-6-16-39(43)46/h3-33H,1-2H3. The van der Waals surface area contributed by atoms with Crippen LogP contribution in [0.5, 0.6) is 0 Å². The largest absolute Gasteiger partial charge is 0.455 e. The number of hydrogen-bond acceptors (Lipinski definition) is 3. The normalized spacial score (nSPS) is 13.1. The van der Waals surface area contributed by atoms with Gasteiger partial charge in [0.05, 0.1) is 10.4 Å². The van der Waals surface area contributed by atoms with Crippen molar-refractivity contribution in [3.63, 3.8) is 0 Å². The first-order valence-corrected chi connectivity index (χ1v) is 20.8. The van der Waals surface area contributed by atoms with Crippen LogP contribution in [0.3, 0.4) is 0 Å².